The molecule has 0 N–H and O–H groups in total. The van der Waals surface area contributed by atoms with Gasteiger partial charge in [0.15, 0.2) is 0 Å². The maximum absolute atomic E-state index is 13.0. The van der Waals surface area contributed by atoms with Crippen LogP contribution in [-0.4, -0.2) is 18.8 Å². The van der Waals surface area contributed by atoms with Crippen LogP contribution in [0.1, 0.15) is 77.0 Å². The Hall–Kier alpha value is -0.740. The van der Waals surface area contributed by atoms with Crippen LogP contribution >= 0.6 is 0 Å². The van der Waals surface area contributed by atoms with Crippen LogP contribution in [0.3, 0.4) is 0 Å². The molecule has 0 heterocycles. The quantitative estimate of drug-likeness (QED) is 0.522. The molecule has 0 amide bonds. The van der Waals surface area contributed by atoms with Gasteiger partial charge in [0, 0.05) is 5.41 Å². The van der Waals surface area contributed by atoms with Crippen molar-refractivity contribution in [3.63, 3.8) is 0 Å². The maximum Gasteiger partial charge on any atom is 0.490 e. The summed E-state index contributed by atoms with van der Waals surface area (Å²) in [6.07, 6.45) is 9.65. The van der Waals surface area contributed by atoms with E-state index >= 15 is 0 Å². The Bertz CT molecular complexity index is 556. The second-order valence-corrected chi connectivity index (χ2v) is 10.4. The summed E-state index contributed by atoms with van der Waals surface area (Å²) in [4.78, 5) is 11.7. The van der Waals surface area contributed by atoms with Gasteiger partial charge in [0.05, 0.1) is 6.61 Å². The normalized spacial score (nSPS) is 47.6. The molecule has 0 aliphatic heterocycles. The summed E-state index contributed by atoms with van der Waals surface area (Å²) in [6, 6.07) is 0. The fourth-order valence-electron chi connectivity index (χ4n) is 9.23. The highest BCUT2D eigenvalue weighted by atomic mass is 19.4. The number of ether oxygens (including phenoxy) is 1. The van der Waals surface area contributed by atoms with Crippen molar-refractivity contribution in [3.05, 3.63) is 0 Å². The molecule has 2 bridgehead atoms. The molecule has 6 unspecified atom stereocenters. The van der Waals surface area contributed by atoms with Gasteiger partial charge >= 0.3 is 12.1 Å². The Balaban J connectivity index is 1.56. The molecule has 0 saturated heterocycles. The summed E-state index contributed by atoms with van der Waals surface area (Å²) in [7, 11) is 0. The molecule has 158 valence electrons. The van der Waals surface area contributed by atoms with E-state index in [1.54, 1.807) is 0 Å². The van der Waals surface area contributed by atoms with Crippen molar-refractivity contribution in [1.29, 1.82) is 0 Å². The number of alkyl halides is 3. The van der Waals surface area contributed by atoms with Crippen molar-refractivity contribution in [2.75, 3.05) is 6.61 Å². The van der Waals surface area contributed by atoms with Gasteiger partial charge in [-0.05, 0) is 80.0 Å². The highest BCUT2D eigenvalue weighted by Crippen LogP contribution is 2.73. The van der Waals surface area contributed by atoms with Gasteiger partial charge in [0.25, 0.3) is 0 Å². The average molecular weight is 399 g/mol. The van der Waals surface area contributed by atoms with Crippen molar-refractivity contribution in [1.82, 2.24) is 0 Å². The van der Waals surface area contributed by atoms with E-state index in [4.69, 9.17) is 4.74 Å². The Morgan fingerprint density at radius 1 is 0.750 bits per heavy atom. The number of halogens is 3. The van der Waals surface area contributed by atoms with Gasteiger partial charge in [0.2, 0.25) is 0 Å². The van der Waals surface area contributed by atoms with Gasteiger partial charge in [0.1, 0.15) is 0 Å². The van der Waals surface area contributed by atoms with Gasteiger partial charge in [-0.3, -0.25) is 0 Å². The minimum atomic E-state index is -4.88. The molecule has 0 aromatic heterocycles. The molecule has 6 fully saturated rings. The topological polar surface area (TPSA) is 26.3 Å². The smallest absolute Gasteiger partial charge is 0.458 e. The molecule has 2 nitrogen and oxygen atoms in total. The van der Waals surface area contributed by atoms with Crippen molar-refractivity contribution >= 4 is 5.97 Å². The first-order chi connectivity index (χ1) is 13.4. The van der Waals surface area contributed by atoms with E-state index in [0.29, 0.717) is 35.5 Å². The lowest BCUT2D eigenvalue weighted by atomic mass is 9.32. The lowest BCUT2D eigenvalue weighted by Gasteiger charge is -2.72. The van der Waals surface area contributed by atoms with Gasteiger partial charge in [-0.2, -0.15) is 13.2 Å². The minimum Gasteiger partial charge on any atom is -0.458 e. The monoisotopic (exact) mass is 398 g/mol. The van der Waals surface area contributed by atoms with E-state index < -0.39 is 12.1 Å². The van der Waals surface area contributed by atoms with Crippen molar-refractivity contribution in [2.45, 2.75) is 83.2 Å². The lowest BCUT2D eigenvalue weighted by Crippen LogP contribution is -2.69. The zero-order valence-electron chi connectivity index (χ0n) is 16.7. The molecule has 6 rings (SSSR count). The minimum absolute atomic E-state index is 0.0293. The first kappa shape index (κ1) is 19.2. The van der Waals surface area contributed by atoms with E-state index in [1.165, 1.54) is 57.8 Å². The molecule has 0 radical (unpaired) electrons. The molecule has 5 heteroatoms. The van der Waals surface area contributed by atoms with Crippen LogP contribution in [-0.2, 0) is 9.53 Å². The molecule has 6 saturated carbocycles. The van der Waals surface area contributed by atoms with Crippen LogP contribution in [0.5, 0.6) is 0 Å². The summed E-state index contributed by atoms with van der Waals surface area (Å²) < 4.78 is 44.0. The van der Waals surface area contributed by atoms with Gasteiger partial charge in [-0.15, -0.1) is 0 Å². The highest BCUT2D eigenvalue weighted by Gasteiger charge is 2.69. The Labute approximate surface area is 166 Å². The summed E-state index contributed by atoms with van der Waals surface area (Å²) in [6.45, 7) is 0.0293. The Kier molecular flexibility index (Phi) is 4.74. The van der Waals surface area contributed by atoms with E-state index in [2.05, 4.69) is 0 Å². The second-order valence-electron chi connectivity index (χ2n) is 10.4. The third-order valence-electron chi connectivity index (χ3n) is 9.70. The lowest BCUT2D eigenvalue weighted by molar-refractivity contribution is -0.269. The SMILES string of the molecule is O=C(OCC12C3CCCCC3C(C3CCCCC31)C1CCCCC12)C(F)(F)F. The molecule has 28 heavy (non-hydrogen) atoms. The number of hydrogen-bond donors (Lipinski definition) is 0. The van der Waals surface area contributed by atoms with Crippen molar-refractivity contribution in [2.24, 2.45) is 46.8 Å². The van der Waals surface area contributed by atoms with E-state index in [-0.39, 0.29) is 12.0 Å². The van der Waals surface area contributed by atoms with Crippen LogP contribution in [0, 0.1) is 46.8 Å². The molecular formula is C23H33F3O2. The summed E-state index contributed by atoms with van der Waals surface area (Å²) in [5.74, 6) is 2.25. The summed E-state index contributed by atoms with van der Waals surface area (Å²) >= 11 is 0. The van der Waals surface area contributed by atoms with Crippen LogP contribution in [0.4, 0.5) is 13.2 Å². The van der Waals surface area contributed by atoms with Crippen molar-refractivity contribution < 1.29 is 22.7 Å². The molecule has 0 aromatic carbocycles. The van der Waals surface area contributed by atoms with Gasteiger partial charge in [-0.1, -0.05) is 38.5 Å². The zero-order valence-corrected chi connectivity index (χ0v) is 16.7. The van der Waals surface area contributed by atoms with E-state index in [0.717, 1.165) is 25.2 Å². The molecule has 0 aromatic rings. The standard InChI is InChI=1S/C23H33F3O2/c24-23(25,26)21(27)28-13-22-17-10-4-1-7-14(17)20(15-8-2-5-11-18(15)22)16-9-3-6-12-19(16)22/h14-20H,1-13H2. The average Bonchev–Trinajstić information content (AvgIpc) is 2.71. The predicted octanol–water partition coefficient (Wildman–Crippen LogP) is 6.14. The largest absolute Gasteiger partial charge is 0.490 e. The Morgan fingerprint density at radius 2 is 1.14 bits per heavy atom. The molecule has 6 aliphatic carbocycles. The number of carbonyl (C=O) groups excluding carboxylic acids is 1. The third-order valence-corrected chi connectivity index (χ3v) is 9.70. The molecular weight excluding hydrogens is 365 g/mol. The van der Waals surface area contributed by atoms with E-state index in [1.807, 2.05) is 0 Å². The number of carbonyl (C=O) groups is 1. The first-order valence-electron chi connectivity index (χ1n) is 11.7. The summed E-state index contributed by atoms with van der Waals surface area (Å²) in [5.41, 5.74) is -0.184. The zero-order chi connectivity index (χ0) is 19.5. The predicted molar refractivity (Wildman–Crippen MR) is 99.3 cm³/mol. The van der Waals surface area contributed by atoms with Crippen LogP contribution in [0.25, 0.3) is 0 Å². The van der Waals surface area contributed by atoms with Crippen LogP contribution in [0.15, 0.2) is 0 Å². The molecule has 0 spiro atoms. The fraction of sp³-hybridized carbons (Fsp3) is 0.957. The summed E-state index contributed by atoms with van der Waals surface area (Å²) in [5, 5.41) is 0. The van der Waals surface area contributed by atoms with Gasteiger partial charge < -0.3 is 4.74 Å². The fourth-order valence-corrected chi connectivity index (χ4v) is 9.23. The number of esters is 1. The van der Waals surface area contributed by atoms with Crippen molar-refractivity contribution in [3.8, 4) is 0 Å². The number of rotatable bonds is 2. The molecule has 6 atom stereocenters. The van der Waals surface area contributed by atoms with Gasteiger partial charge in [-0.25, -0.2) is 4.79 Å². The Morgan fingerprint density at radius 3 is 1.54 bits per heavy atom. The first-order valence-corrected chi connectivity index (χ1v) is 11.7. The third kappa shape index (κ3) is 2.70. The highest BCUT2D eigenvalue weighted by molar-refractivity contribution is 5.75. The maximum atomic E-state index is 13.0. The second kappa shape index (κ2) is 6.91. The molecule has 6 aliphatic rings. The van der Waals surface area contributed by atoms with E-state index in [9.17, 15) is 18.0 Å². The van der Waals surface area contributed by atoms with Crippen LogP contribution < -0.4 is 0 Å². The van der Waals surface area contributed by atoms with Crippen LogP contribution in [0.2, 0.25) is 0 Å². The number of hydrogen-bond acceptors (Lipinski definition) is 2.